The number of thioether (sulfide) groups is 1. The zero-order valence-electron chi connectivity index (χ0n) is 52.6. The Morgan fingerprint density at radius 2 is 1.45 bits per heavy atom. The van der Waals surface area contributed by atoms with Gasteiger partial charge < -0.3 is 55.1 Å². The van der Waals surface area contributed by atoms with Crippen LogP contribution in [0, 0.1) is 18.3 Å². The number of esters is 1. The fraction of sp³-hybridized carbons (Fsp3) is 0.581. The van der Waals surface area contributed by atoms with Crippen LogP contribution in [0.4, 0.5) is 4.39 Å². The first kappa shape index (κ1) is 73.0. The molecule has 3 aliphatic heterocycles. The Balaban J connectivity index is 1.05. The molecule has 4 heterocycles. The highest BCUT2D eigenvalue weighted by Crippen LogP contribution is 2.30. The zero-order chi connectivity index (χ0) is 66.4. The highest BCUT2D eigenvalue weighted by molar-refractivity contribution is 7.99. The smallest absolute Gasteiger partial charge is 0.317 e. The van der Waals surface area contributed by atoms with Crippen molar-refractivity contribution in [3.8, 4) is 11.8 Å². The van der Waals surface area contributed by atoms with Crippen LogP contribution in [0.15, 0.2) is 54.7 Å². The number of aryl methyl sites for hydroxylation is 2. The number of ether oxygens (including phenoxy) is 4. The van der Waals surface area contributed by atoms with Gasteiger partial charge >= 0.3 is 11.9 Å². The number of aromatic nitrogens is 1. The number of aliphatic carboxylic acids is 1. The highest BCUT2D eigenvalue weighted by atomic mass is 32.2. The third kappa shape index (κ3) is 24.9. The summed E-state index contributed by atoms with van der Waals surface area (Å²) in [6.07, 6.45) is 3.13. The number of piperazine rings is 1. The third-order valence-corrected chi connectivity index (χ3v) is 17.0. The summed E-state index contributed by atoms with van der Waals surface area (Å²) in [7, 11) is 1.16. The molecule has 3 saturated heterocycles. The number of nitriles is 1. The molecule has 6 rings (SSSR count). The molecule has 28 nitrogen and oxygen atoms in total. The number of nitrogens with one attached hydrogen (secondary N) is 4. The predicted molar refractivity (Wildman–Crippen MR) is 335 cm³/mol. The summed E-state index contributed by atoms with van der Waals surface area (Å²) in [5, 5.41) is 30.8. The summed E-state index contributed by atoms with van der Waals surface area (Å²) in [6.45, 7) is 7.47. The van der Waals surface area contributed by atoms with E-state index in [0.29, 0.717) is 100 Å². The number of methoxy groups -OCH3 is 1. The van der Waals surface area contributed by atoms with E-state index in [1.54, 1.807) is 32.9 Å². The van der Waals surface area contributed by atoms with Gasteiger partial charge in [0.25, 0.3) is 18.9 Å². The molecule has 3 fully saturated rings. The van der Waals surface area contributed by atoms with Crippen LogP contribution in [0.5, 0.6) is 5.75 Å². The number of amides is 6. The van der Waals surface area contributed by atoms with Gasteiger partial charge in [0.1, 0.15) is 43.0 Å². The third-order valence-electron chi connectivity index (χ3n) is 15.9. The largest absolute Gasteiger partial charge is 0.494 e. The first-order chi connectivity index (χ1) is 44.3. The van der Waals surface area contributed by atoms with Crippen LogP contribution in [0.25, 0.3) is 10.9 Å². The molecule has 6 amide bonds. The van der Waals surface area contributed by atoms with Gasteiger partial charge in [-0.2, -0.15) is 17.0 Å². The molecule has 3 aliphatic rings. The van der Waals surface area contributed by atoms with E-state index >= 15 is 0 Å². The second kappa shape index (κ2) is 38.1. The van der Waals surface area contributed by atoms with Gasteiger partial charge in [-0.1, -0.05) is 29.8 Å². The van der Waals surface area contributed by atoms with Crippen LogP contribution in [0.2, 0.25) is 0 Å². The van der Waals surface area contributed by atoms with Crippen molar-refractivity contribution in [2.75, 3.05) is 156 Å². The van der Waals surface area contributed by atoms with E-state index in [0.717, 1.165) is 29.6 Å². The molecule has 4 atom stereocenters. The number of rotatable bonds is 33. The molecule has 30 heteroatoms. The van der Waals surface area contributed by atoms with Crippen LogP contribution in [-0.2, 0) is 63.8 Å². The van der Waals surface area contributed by atoms with E-state index in [9.17, 15) is 62.7 Å². The zero-order valence-corrected chi connectivity index (χ0v) is 53.4. The maximum atomic E-state index is 14.6. The normalized spacial score (nSPS) is 18.8. The van der Waals surface area contributed by atoms with Crippen molar-refractivity contribution >= 4 is 83.0 Å². The summed E-state index contributed by atoms with van der Waals surface area (Å²) in [6, 6.07) is 13.2. The lowest BCUT2D eigenvalue weighted by molar-refractivity contribution is -0.147. The minimum absolute atomic E-state index is 0.00429. The van der Waals surface area contributed by atoms with E-state index in [1.165, 1.54) is 30.9 Å². The van der Waals surface area contributed by atoms with E-state index in [4.69, 9.17) is 18.9 Å². The average Bonchev–Trinajstić information content (AvgIpc) is 1.30. The molecule has 1 aromatic heterocycles. The maximum Gasteiger partial charge on any atom is 0.317 e. The number of alkyl halides is 1. The number of nitrogens with zero attached hydrogens (tertiary/aromatic N) is 9. The monoisotopic (exact) mass is 1300 g/mol. The number of pyridine rings is 1. The van der Waals surface area contributed by atoms with E-state index in [2.05, 4.69) is 31.2 Å². The molecule has 2 aromatic carbocycles. The van der Waals surface area contributed by atoms with Crippen LogP contribution in [0.3, 0.4) is 0 Å². The van der Waals surface area contributed by atoms with Crippen molar-refractivity contribution in [1.82, 2.24) is 60.6 Å². The lowest BCUT2D eigenvalue weighted by Gasteiger charge is -2.36. The summed E-state index contributed by atoms with van der Waals surface area (Å²) in [4.78, 5) is 146. The summed E-state index contributed by atoms with van der Waals surface area (Å²) in [5.41, 5.74) is 1.32. The Morgan fingerprint density at radius 3 is 2.08 bits per heavy atom. The first-order valence-corrected chi connectivity index (χ1v) is 31.9. The number of carboxylic acid groups (broad SMARTS) is 1. The van der Waals surface area contributed by atoms with Crippen LogP contribution in [0.1, 0.15) is 60.5 Å². The number of likely N-dealkylation sites (tertiary alicyclic amines) is 1. The molecular formula is C62H86FN13O15S. The number of carboxylic acids is 1. The summed E-state index contributed by atoms with van der Waals surface area (Å²) in [5.74, 6) is -4.12. The molecule has 92 heavy (non-hydrogen) atoms. The number of carbonyl (C=O) groups excluding carboxylic acids is 9. The highest BCUT2D eigenvalue weighted by Gasteiger charge is 2.43. The molecule has 0 aliphatic carbocycles. The molecule has 3 aromatic rings. The maximum absolute atomic E-state index is 14.6. The predicted octanol–water partition coefficient (Wildman–Crippen LogP) is 0.0110. The van der Waals surface area contributed by atoms with Crippen molar-refractivity contribution in [1.29, 1.82) is 5.26 Å². The fourth-order valence-corrected chi connectivity index (χ4v) is 11.7. The van der Waals surface area contributed by atoms with Gasteiger partial charge in [0.15, 0.2) is 0 Å². The van der Waals surface area contributed by atoms with Crippen molar-refractivity contribution in [2.24, 2.45) is 0 Å². The topological polar surface area (TPSA) is 335 Å². The molecular weight excluding hydrogens is 1220 g/mol. The van der Waals surface area contributed by atoms with Crippen LogP contribution < -0.4 is 26.0 Å². The van der Waals surface area contributed by atoms with Crippen LogP contribution in [-0.4, -0.2) is 285 Å². The molecule has 3 unspecified atom stereocenters. The van der Waals surface area contributed by atoms with Crippen LogP contribution >= 0.6 is 11.8 Å². The van der Waals surface area contributed by atoms with Crippen molar-refractivity contribution < 1.29 is 76.4 Å². The first-order valence-electron chi connectivity index (χ1n) is 30.7. The van der Waals surface area contributed by atoms with Gasteiger partial charge in [-0.3, -0.25) is 77.4 Å². The molecule has 0 bridgehead atoms. The van der Waals surface area contributed by atoms with Gasteiger partial charge in [-0.05, 0) is 62.9 Å². The lowest BCUT2D eigenvalue weighted by Crippen LogP contribution is -2.59. The molecule has 0 spiro atoms. The lowest BCUT2D eigenvalue weighted by atomic mass is 10.1. The quantitative estimate of drug-likeness (QED) is 0.0232. The van der Waals surface area contributed by atoms with Gasteiger partial charge in [-0.25, -0.2) is 4.39 Å². The SMILES string of the molecule is COC(=O)CC(NC(=O)C(CSCCNC(=O)CCCc1ccc(C)cc1)NC(=O)CN1CCN(COC=O)CCN(COC=O)CCN(CC(=O)O)CC1)C(=O)N1CCN(CCCOc2ccc3nccc(C(=O)NCC(=O)N4CC(C)(F)C[C@@H]4C#N)c3c2)CC1. The van der Waals surface area contributed by atoms with Crippen molar-refractivity contribution in [3.63, 3.8) is 0 Å². The standard InChI is InChI=1S/C62H86FN13O15S/c1-45-8-10-46(11-9-45)6-4-7-54(79)66-16-31-92-39-53(68-55(80)37-71-18-19-72(38-57(82)83)21-23-74(42-90-44-78)25-24-73(22-20-71)41-89-43-77)60(86)69-52(33-58(84)88-3)61(87)75-28-26-70(27-29-75)17-5-30-91-48-12-13-51-50(32-48)49(14-15-65-51)59(85)67-36-56(81)76-40-62(2,63)34-47(76)35-64/h8-15,32,43-44,47,52-53H,4-7,16-31,33-34,36-42H2,1-3H3,(H,66,79)(H,67,85)(H,68,80)(H,69,86)(H,82,83)/t47-,52?,53?,62?/m1/s1. The van der Waals surface area contributed by atoms with E-state index in [-0.39, 0.29) is 109 Å². The van der Waals surface area contributed by atoms with Gasteiger partial charge in [0, 0.05) is 128 Å². The Kier molecular flexibility index (Phi) is 30.2. The average molecular weight is 1300 g/mol. The number of carbonyl (C=O) groups is 10. The van der Waals surface area contributed by atoms with Gasteiger partial charge in [0.2, 0.25) is 29.5 Å². The molecule has 502 valence electrons. The molecule has 0 saturated carbocycles. The van der Waals surface area contributed by atoms with Crippen molar-refractivity contribution in [3.05, 3.63) is 71.4 Å². The Morgan fingerprint density at radius 1 is 0.804 bits per heavy atom. The Labute approximate surface area is 539 Å². The van der Waals surface area contributed by atoms with E-state index < -0.39 is 78.2 Å². The number of halogens is 1. The number of fused-ring (bicyclic) bond motifs is 1. The second-order valence-corrected chi connectivity index (χ2v) is 24.2. The minimum atomic E-state index is -1.71. The number of hydrogen-bond donors (Lipinski definition) is 5. The second-order valence-electron chi connectivity index (χ2n) is 23.1. The van der Waals surface area contributed by atoms with E-state index in [1.807, 2.05) is 47.1 Å². The van der Waals surface area contributed by atoms with Crippen molar-refractivity contribution in [2.45, 2.75) is 76.2 Å². The minimum Gasteiger partial charge on any atom is -0.494 e. The molecule has 5 N–H and O–H groups in total. The Hall–Kier alpha value is -8.08. The Bertz CT molecular complexity index is 3010. The summed E-state index contributed by atoms with van der Waals surface area (Å²) >= 11 is 1.28. The molecule has 0 radical (unpaired) electrons. The van der Waals surface area contributed by atoms with Gasteiger partial charge in [-0.15, -0.1) is 0 Å². The number of benzene rings is 2. The van der Waals surface area contributed by atoms with Gasteiger partial charge in [0.05, 0.1) is 63.5 Å². The fourth-order valence-electron chi connectivity index (χ4n) is 10.8. The number of hydrogen-bond acceptors (Lipinski definition) is 22. The summed E-state index contributed by atoms with van der Waals surface area (Å²) < 4.78 is 35.8.